The Morgan fingerprint density at radius 1 is 1.19 bits per heavy atom. The van der Waals surface area contributed by atoms with Crippen molar-refractivity contribution < 1.29 is 9.47 Å². The van der Waals surface area contributed by atoms with Gasteiger partial charge in [-0.05, 0) is 55.6 Å². The van der Waals surface area contributed by atoms with E-state index in [-0.39, 0.29) is 6.10 Å². The number of ether oxygens (including phenoxy) is 2. The normalized spacial score (nSPS) is 19.5. The highest BCUT2D eigenvalue weighted by Crippen LogP contribution is 2.30. The number of methoxy groups -OCH3 is 1. The monoisotopic (exact) mass is 420 g/mol. The molecule has 5 rings (SSSR count). The zero-order chi connectivity index (χ0) is 21.4. The molecular weight excluding hydrogens is 392 g/mol. The van der Waals surface area contributed by atoms with Crippen LogP contribution in [-0.2, 0) is 4.74 Å². The molecule has 1 N–H and O–H groups in total. The lowest BCUT2D eigenvalue weighted by molar-refractivity contribution is 0.0529. The van der Waals surface area contributed by atoms with Gasteiger partial charge in [0, 0.05) is 31.1 Å². The second-order valence-corrected chi connectivity index (χ2v) is 8.16. The van der Waals surface area contributed by atoms with Crippen molar-refractivity contribution in [2.45, 2.75) is 26.4 Å². The van der Waals surface area contributed by atoms with E-state index in [0.717, 1.165) is 49.3 Å². The fraction of sp³-hybridized carbons (Fsp3) is 0.435. The fourth-order valence-electron chi connectivity index (χ4n) is 4.37. The summed E-state index contributed by atoms with van der Waals surface area (Å²) in [5.74, 6) is 1.53. The van der Waals surface area contributed by atoms with Crippen molar-refractivity contribution in [2.24, 2.45) is 0 Å². The molecule has 1 saturated heterocycles. The van der Waals surface area contributed by atoms with Gasteiger partial charge in [-0.15, -0.1) is 0 Å². The van der Waals surface area contributed by atoms with Gasteiger partial charge >= 0.3 is 6.01 Å². The maximum atomic E-state index is 5.68. The molecule has 1 atom stereocenters. The number of hydrogen-bond acceptors (Lipinski definition) is 7. The Balaban J connectivity index is 1.60. The van der Waals surface area contributed by atoms with Gasteiger partial charge in [0.2, 0.25) is 0 Å². The van der Waals surface area contributed by atoms with Gasteiger partial charge in [0.1, 0.15) is 5.82 Å². The third-order valence-electron chi connectivity index (χ3n) is 5.97. The molecule has 8 heteroatoms. The first-order chi connectivity index (χ1) is 15.1. The van der Waals surface area contributed by atoms with E-state index in [4.69, 9.17) is 9.47 Å². The maximum Gasteiger partial charge on any atom is 0.320 e. The van der Waals surface area contributed by atoms with Gasteiger partial charge in [-0.3, -0.25) is 0 Å². The molecule has 0 radical (unpaired) electrons. The molecule has 1 fully saturated rings. The Kier molecular flexibility index (Phi) is 5.33. The largest absolute Gasteiger partial charge is 0.467 e. The molecule has 0 aliphatic carbocycles. The van der Waals surface area contributed by atoms with E-state index in [2.05, 4.69) is 57.3 Å². The number of nitrogens with zero attached hydrogens (tertiary/aromatic N) is 5. The summed E-state index contributed by atoms with van der Waals surface area (Å²) >= 11 is 0. The highest BCUT2D eigenvalue weighted by Gasteiger charge is 2.21. The quantitative estimate of drug-likeness (QED) is 0.695. The summed E-state index contributed by atoms with van der Waals surface area (Å²) in [6.07, 6.45) is 5.37. The fourth-order valence-corrected chi connectivity index (χ4v) is 4.37. The molecule has 0 unspecified atom stereocenters. The van der Waals surface area contributed by atoms with Crippen LogP contribution < -0.4 is 15.0 Å². The molecule has 2 aromatic heterocycles. The number of benzene rings is 1. The van der Waals surface area contributed by atoms with E-state index in [1.54, 1.807) is 7.11 Å². The second kappa shape index (κ2) is 8.28. The van der Waals surface area contributed by atoms with Gasteiger partial charge in [-0.2, -0.15) is 15.1 Å². The first kappa shape index (κ1) is 20.0. The third kappa shape index (κ3) is 3.88. The summed E-state index contributed by atoms with van der Waals surface area (Å²) in [6, 6.07) is 6.76. The lowest BCUT2D eigenvalue weighted by Crippen LogP contribution is -2.41. The summed E-state index contributed by atoms with van der Waals surface area (Å²) in [5.41, 5.74) is 4.96. The molecule has 0 amide bonds. The molecule has 0 spiro atoms. The van der Waals surface area contributed by atoms with Crippen molar-refractivity contribution in [2.75, 3.05) is 44.8 Å². The highest BCUT2D eigenvalue weighted by atomic mass is 16.5. The smallest absolute Gasteiger partial charge is 0.320 e. The van der Waals surface area contributed by atoms with Crippen molar-refractivity contribution in [1.29, 1.82) is 0 Å². The summed E-state index contributed by atoms with van der Waals surface area (Å²) in [6.45, 7) is 8.41. The van der Waals surface area contributed by atoms with Crippen LogP contribution >= 0.6 is 0 Å². The van der Waals surface area contributed by atoms with Crippen LogP contribution in [0.1, 0.15) is 24.5 Å². The molecule has 1 aromatic carbocycles. The number of aryl methyl sites for hydroxylation is 1. The van der Waals surface area contributed by atoms with Gasteiger partial charge < -0.3 is 19.7 Å². The number of nitrogens with one attached hydrogen (secondary N) is 1. The highest BCUT2D eigenvalue weighted by molar-refractivity contribution is 5.86. The Morgan fingerprint density at radius 2 is 2.06 bits per heavy atom. The van der Waals surface area contributed by atoms with Crippen LogP contribution in [0.2, 0.25) is 0 Å². The van der Waals surface area contributed by atoms with Crippen LogP contribution in [0.25, 0.3) is 22.3 Å². The lowest BCUT2D eigenvalue weighted by Gasteiger charge is -2.32. The van der Waals surface area contributed by atoms with Crippen LogP contribution in [0.15, 0.2) is 30.5 Å². The first-order valence-electron chi connectivity index (χ1n) is 10.8. The number of aromatic nitrogens is 4. The molecule has 4 heterocycles. The standard InChI is InChI=1S/C23H28N6O2/c1-15-10-18-13-25-29(20(18)11-19(15)17-4-6-24-7-5-17)22-12-21(26-23(27-22)30-3)28-8-9-31-16(2)14-28/h4,10-13,16,24H,5-9,14H2,1-3H3/t16-/m0/s1. The zero-order valence-electron chi connectivity index (χ0n) is 18.3. The van der Waals surface area contributed by atoms with Gasteiger partial charge in [0.25, 0.3) is 0 Å². The number of hydrogen-bond donors (Lipinski definition) is 1. The van der Waals surface area contributed by atoms with Crippen LogP contribution in [0.4, 0.5) is 5.82 Å². The third-order valence-corrected chi connectivity index (χ3v) is 5.97. The van der Waals surface area contributed by atoms with E-state index >= 15 is 0 Å². The Morgan fingerprint density at radius 3 is 2.84 bits per heavy atom. The average Bonchev–Trinajstić information content (AvgIpc) is 3.21. The molecule has 162 valence electrons. The minimum Gasteiger partial charge on any atom is -0.467 e. The van der Waals surface area contributed by atoms with Gasteiger partial charge in [0.15, 0.2) is 5.82 Å². The zero-order valence-corrected chi connectivity index (χ0v) is 18.3. The molecule has 0 bridgehead atoms. The predicted molar refractivity (Wildman–Crippen MR) is 121 cm³/mol. The van der Waals surface area contributed by atoms with Crippen LogP contribution in [0.3, 0.4) is 0 Å². The van der Waals surface area contributed by atoms with E-state index in [1.807, 2.05) is 16.9 Å². The molecule has 31 heavy (non-hydrogen) atoms. The number of rotatable bonds is 4. The van der Waals surface area contributed by atoms with Crippen molar-refractivity contribution >= 4 is 22.3 Å². The minimum atomic E-state index is 0.160. The van der Waals surface area contributed by atoms with E-state index in [0.29, 0.717) is 18.4 Å². The second-order valence-electron chi connectivity index (χ2n) is 8.16. The molecule has 0 saturated carbocycles. The van der Waals surface area contributed by atoms with Crippen molar-refractivity contribution in [1.82, 2.24) is 25.1 Å². The Hall–Kier alpha value is -2.97. The van der Waals surface area contributed by atoms with E-state index in [1.165, 1.54) is 16.7 Å². The molecule has 2 aliphatic rings. The summed E-state index contributed by atoms with van der Waals surface area (Å²) in [4.78, 5) is 11.4. The molecule has 8 nitrogen and oxygen atoms in total. The average molecular weight is 421 g/mol. The van der Waals surface area contributed by atoms with Gasteiger partial charge in [0.05, 0.1) is 31.5 Å². The number of fused-ring (bicyclic) bond motifs is 1. The van der Waals surface area contributed by atoms with Crippen LogP contribution in [-0.4, -0.2) is 65.7 Å². The molecular formula is C23H28N6O2. The van der Waals surface area contributed by atoms with Crippen LogP contribution in [0.5, 0.6) is 6.01 Å². The Bertz CT molecular complexity index is 1140. The lowest BCUT2D eigenvalue weighted by atomic mass is 9.95. The van der Waals surface area contributed by atoms with E-state index < -0.39 is 0 Å². The number of anilines is 1. The van der Waals surface area contributed by atoms with Gasteiger partial charge in [-0.1, -0.05) is 6.08 Å². The summed E-state index contributed by atoms with van der Waals surface area (Å²) in [5, 5.41) is 9.15. The van der Waals surface area contributed by atoms with Crippen molar-refractivity contribution in [3.8, 4) is 11.8 Å². The SMILES string of the molecule is COc1nc(N2CCO[C@@H](C)C2)cc(-n2ncc3cc(C)c(C4=CCNCC4)cc32)n1. The van der Waals surface area contributed by atoms with Crippen LogP contribution in [0, 0.1) is 6.92 Å². The maximum absolute atomic E-state index is 5.68. The van der Waals surface area contributed by atoms with Crippen molar-refractivity contribution in [3.05, 3.63) is 41.6 Å². The summed E-state index contributed by atoms with van der Waals surface area (Å²) < 4.78 is 13.0. The van der Waals surface area contributed by atoms with E-state index in [9.17, 15) is 0 Å². The number of morpholine rings is 1. The predicted octanol–water partition coefficient (Wildman–Crippen LogP) is 2.73. The topological polar surface area (TPSA) is 77.3 Å². The first-order valence-corrected chi connectivity index (χ1v) is 10.8. The van der Waals surface area contributed by atoms with Gasteiger partial charge in [-0.25, -0.2) is 4.68 Å². The molecule has 3 aromatic rings. The summed E-state index contributed by atoms with van der Waals surface area (Å²) in [7, 11) is 1.59. The van der Waals surface area contributed by atoms with Crippen molar-refractivity contribution in [3.63, 3.8) is 0 Å². The minimum absolute atomic E-state index is 0.160. The molecule has 2 aliphatic heterocycles. The Labute approximate surface area is 181 Å².